The van der Waals surface area contributed by atoms with Crippen LogP contribution in [0.5, 0.6) is 5.75 Å². The fraction of sp³-hybridized carbons (Fsp3) is 0. The van der Waals surface area contributed by atoms with E-state index in [1.54, 1.807) is 6.07 Å². The van der Waals surface area contributed by atoms with E-state index in [1.165, 1.54) is 33.0 Å². The zero-order valence-electron chi connectivity index (χ0n) is 12.5. The second kappa shape index (κ2) is 4.47. The molecule has 0 amide bonds. The molecule has 0 aliphatic heterocycles. The molecule has 0 aromatic heterocycles. The van der Waals surface area contributed by atoms with Crippen molar-refractivity contribution in [1.29, 1.82) is 0 Å². The van der Waals surface area contributed by atoms with Crippen LogP contribution in [0.2, 0.25) is 0 Å². The highest BCUT2D eigenvalue weighted by atomic mass is 16.3. The first-order chi connectivity index (χ1) is 11.3. The van der Waals surface area contributed by atoms with Crippen LogP contribution in [0.4, 0.5) is 0 Å². The van der Waals surface area contributed by atoms with E-state index in [1.807, 2.05) is 18.2 Å². The Balaban J connectivity index is 1.89. The van der Waals surface area contributed by atoms with Crippen molar-refractivity contribution in [3.05, 3.63) is 78.9 Å². The van der Waals surface area contributed by atoms with Crippen LogP contribution in [0, 0.1) is 0 Å². The van der Waals surface area contributed by atoms with Crippen LogP contribution < -0.4 is 0 Å². The van der Waals surface area contributed by atoms with Gasteiger partial charge in [-0.25, -0.2) is 0 Å². The highest BCUT2D eigenvalue weighted by Gasteiger charge is 2.21. The molecule has 4 aromatic rings. The van der Waals surface area contributed by atoms with Gasteiger partial charge in [-0.2, -0.15) is 0 Å². The third kappa shape index (κ3) is 1.68. The van der Waals surface area contributed by atoms with E-state index in [4.69, 9.17) is 0 Å². The molecule has 1 heteroatoms. The van der Waals surface area contributed by atoms with Crippen molar-refractivity contribution in [1.82, 2.24) is 0 Å². The molecule has 1 nitrogen and oxygen atoms in total. The largest absolute Gasteiger partial charge is 0.508 e. The number of phenolic OH excluding ortho intramolecular Hbond substituents is 1. The Kier molecular flexibility index (Phi) is 2.42. The normalized spacial score (nSPS) is 11.7. The molecule has 23 heavy (non-hydrogen) atoms. The molecular formula is C22H14O. The van der Waals surface area contributed by atoms with Gasteiger partial charge < -0.3 is 5.11 Å². The number of fused-ring (bicyclic) bond motifs is 3. The average Bonchev–Trinajstić information content (AvgIpc) is 2.92. The van der Waals surface area contributed by atoms with E-state index >= 15 is 0 Å². The van der Waals surface area contributed by atoms with Crippen molar-refractivity contribution < 1.29 is 5.11 Å². The van der Waals surface area contributed by atoms with Gasteiger partial charge in [0.25, 0.3) is 0 Å². The van der Waals surface area contributed by atoms with E-state index in [0.717, 1.165) is 11.1 Å². The minimum absolute atomic E-state index is 0.300. The van der Waals surface area contributed by atoms with Gasteiger partial charge in [0, 0.05) is 0 Å². The first-order valence-corrected chi connectivity index (χ1v) is 7.78. The van der Waals surface area contributed by atoms with E-state index in [2.05, 4.69) is 54.6 Å². The van der Waals surface area contributed by atoms with Gasteiger partial charge >= 0.3 is 0 Å². The lowest BCUT2D eigenvalue weighted by atomic mass is 9.94. The summed E-state index contributed by atoms with van der Waals surface area (Å²) in [7, 11) is 0. The number of aromatic hydroxyl groups is 1. The molecule has 0 bridgehead atoms. The van der Waals surface area contributed by atoms with Gasteiger partial charge in [-0.1, -0.05) is 66.7 Å². The predicted molar refractivity (Wildman–Crippen MR) is 95.5 cm³/mol. The molecule has 0 atom stereocenters. The zero-order chi connectivity index (χ0) is 15.4. The summed E-state index contributed by atoms with van der Waals surface area (Å²) in [6, 6.07) is 26.9. The Hall–Kier alpha value is -3.06. The van der Waals surface area contributed by atoms with Crippen LogP contribution in [-0.2, 0) is 0 Å². The Morgan fingerprint density at radius 3 is 1.96 bits per heavy atom. The van der Waals surface area contributed by atoms with Crippen molar-refractivity contribution in [3.8, 4) is 39.1 Å². The third-order valence-electron chi connectivity index (χ3n) is 4.71. The average molecular weight is 294 g/mol. The molecule has 0 radical (unpaired) electrons. The van der Waals surface area contributed by atoms with E-state index in [9.17, 15) is 5.11 Å². The number of hydrogen-bond donors (Lipinski definition) is 1. The smallest absolute Gasteiger partial charge is 0.116 e. The summed E-state index contributed by atoms with van der Waals surface area (Å²) in [6.45, 7) is 0. The minimum atomic E-state index is 0.300. The molecule has 5 rings (SSSR count). The van der Waals surface area contributed by atoms with E-state index in [-0.39, 0.29) is 0 Å². The minimum Gasteiger partial charge on any atom is -0.508 e. The number of benzene rings is 4. The lowest BCUT2D eigenvalue weighted by Gasteiger charge is -2.10. The fourth-order valence-electron chi connectivity index (χ4n) is 3.73. The Morgan fingerprint density at radius 1 is 0.522 bits per heavy atom. The third-order valence-corrected chi connectivity index (χ3v) is 4.71. The van der Waals surface area contributed by atoms with Crippen molar-refractivity contribution in [2.45, 2.75) is 0 Å². The van der Waals surface area contributed by atoms with Gasteiger partial charge in [0.15, 0.2) is 0 Å². The lowest BCUT2D eigenvalue weighted by Crippen LogP contribution is -1.83. The van der Waals surface area contributed by atoms with Crippen LogP contribution in [0.3, 0.4) is 0 Å². The molecule has 0 spiro atoms. The molecule has 0 saturated carbocycles. The van der Waals surface area contributed by atoms with Gasteiger partial charge in [-0.15, -0.1) is 0 Å². The highest BCUT2D eigenvalue weighted by Crippen LogP contribution is 2.49. The predicted octanol–water partition coefficient (Wildman–Crippen LogP) is 5.86. The van der Waals surface area contributed by atoms with Crippen LogP contribution in [-0.4, -0.2) is 5.11 Å². The second-order valence-corrected chi connectivity index (χ2v) is 5.98. The van der Waals surface area contributed by atoms with Gasteiger partial charge in [0.1, 0.15) is 5.75 Å². The maximum absolute atomic E-state index is 9.81. The second-order valence-electron chi connectivity index (χ2n) is 5.98. The molecule has 1 N–H and O–H groups in total. The summed E-state index contributed by atoms with van der Waals surface area (Å²) in [4.78, 5) is 0. The summed E-state index contributed by atoms with van der Waals surface area (Å²) in [5, 5.41) is 12.4. The van der Waals surface area contributed by atoms with Crippen molar-refractivity contribution in [2.24, 2.45) is 0 Å². The van der Waals surface area contributed by atoms with Crippen LogP contribution in [0.15, 0.2) is 78.9 Å². The highest BCUT2D eigenvalue weighted by molar-refractivity contribution is 6.18. The molecule has 0 unspecified atom stereocenters. The van der Waals surface area contributed by atoms with Crippen LogP contribution in [0.1, 0.15) is 0 Å². The SMILES string of the molecule is Oc1cccc(-c2ccc3c4c(cccc24)-c2ccccc2-3)c1. The summed E-state index contributed by atoms with van der Waals surface area (Å²) < 4.78 is 0. The molecule has 1 aliphatic rings. The standard InChI is InChI=1S/C22H14O/c23-15-6-3-5-14(13-15)16-11-12-21-18-8-2-1-7-17(18)20-10-4-9-19(16)22(20)21/h1-13,23H. The molecular weight excluding hydrogens is 280 g/mol. The molecule has 0 heterocycles. The summed E-state index contributed by atoms with van der Waals surface area (Å²) in [6.07, 6.45) is 0. The molecule has 108 valence electrons. The first kappa shape index (κ1) is 12.5. The van der Waals surface area contributed by atoms with E-state index in [0.29, 0.717) is 5.75 Å². The maximum atomic E-state index is 9.81. The van der Waals surface area contributed by atoms with Gasteiger partial charge in [-0.05, 0) is 56.3 Å². The van der Waals surface area contributed by atoms with Crippen molar-refractivity contribution >= 4 is 10.8 Å². The summed E-state index contributed by atoms with van der Waals surface area (Å²) in [5.41, 5.74) is 7.42. The molecule has 4 aromatic carbocycles. The Morgan fingerprint density at radius 2 is 1.17 bits per heavy atom. The van der Waals surface area contributed by atoms with Crippen LogP contribution >= 0.6 is 0 Å². The van der Waals surface area contributed by atoms with Gasteiger partial charge in [0.2, 0.25) is 0 Å². The fourth-order valence-corrected chi connectivity index (χ4v) is 3.73. The number of phenols is 1. The van der Waals surface area contributed by atoms with Gasteiger partial charge in [-0.3, -0.25) is 0 Å². The maximum Gasteiger partial charge on any atom is 0.116 e. The summed E-state index contributed by atoms with van der Waals surface area (Å²) in [5.74, 6) is 0.300. The molecule has 0 fully saturated rings. The summed E-state index contributed by atoms with van der Waals surface area (Å²) >= 11 is 0. The van der Waals surface area contributed by atoms with Gasteiger partial charge in [0.05, 0.1) is 0 Å². The lowest BCUT2D eigenvalue weighted by molar-refractivity contribution is 0.475. The monoisotopic (exact) mass is 294 g/mol. The number of rotatable bonds is 1. The Bertz CT molecular complexity index is 1050. The topological polar surface area (TPSA) is 20.2 Å². The Labute approximate surface area is 134 Å². The van der Waals surface area contributed by atoms with Crippen molar-refractivity contribution in [3.63, 3.8) is 0 Å². The van der Waals surface area contributed by atoms with Crippen molar-refractivity contribution in [2.75, 3.05) is 0 Å². The van der Waals surface area contributed by atoms with E-state index < -0.39 is 0 Å². The zero-order valence-corrected chi connectivity index (χ0v) is 12.5. The quantitative estimate of drug-likeness (QED) is 0.410. The number of hydrogen-bond acceptors (Lipinski definition) is 1. The first-order valence-electron chi connectivity index (χ1n) is 7.78. The van der Waals surface area contributed by atoms with Crippen LogP contribution in [0.25, 0.3) is 44.2 Å². The molecule has 1 aliphatic carbocycles. The molecule has 0 saturated heterocycles.